The van der Waals surface area contributed by atoms with Crippen LogP contribution < -0.4 is 5.32 Å². The predicted molar refractivity (Wildman–Crippen MR) is 72.1 cm³/mol. The van der Waals surface area contributed by atoms with Gasteiger partial charge in [-0.1, -0.05) is 19.8 Å². The third-order valence-electron chi connectivity index (χ3n) is 2.90. The van der Waals surface area contributed by atoms with Gasteiger partial charge in [-0.3, -0.25) is 9.59 Å². The van der Waals surface area contributed by atoms with Crippen LogP contribution in [-0.2, 0) is 4.79 Å². The van der Waals surface area contributed by atoms with Gasteiger partial charge in [0.15, 0.2) is 5.69 Å². The molecule has 19 heavy (non-hydrogen) atoms. The number of nitrogens with one attached hydrogen (secondary N) is 1. The van der Waals surface area contributed by atoms with Crippen LogP contribution in [0.5, 0.6) is 0 Å². The van der Waals surface area contributed by atoms with Crippen LogP contribution in [0.15, 0.2) is 6.20 Å². The van der Waals surface area contributed by atoms with Gasteiger partial charge in [0.25, 0.3) is 5.91 Å². The van der Waals surface area contributed by atoms with E-state index >= 15 is 0 Å². The van der Waals surface area contributed by atoms with Crippen molar-refractivity contribution in [2.45, 2.75) is 39.0 Å². The summed E-state index contributed by atoms with van der Waals surface area (Å²) in [5, 5.41) is 11.5. The van der Waals surface area contributed by atoms with Crippen LogP contribution in [0.25, 0.3) is 0 Å². The van der Waals surface area contributed by atoms with Crippen LogP contribution in [-0.4, -0.2) is 32.3 Å². The molecule has 0 radical (unpaired) electrons. The molecular formula is C12H19N3O3S. The summed E-state index contributed by atoms with van der Waals surface area (Å²) in [6.45, 7) is 2.62. The number of rotatable bonds is 9. The van der Waals surface area contributed by atoms with Crippen LogP contribution in [0.4, 0.5) is 0 Å². The van der Waals surface area contributed by atoms with Crippen molar-refractivity contribution in [1.29, 1.82) is 0 Å². The molecule has 1 aromatic rings. The molecule has 6 nitrogen and oxygen atoms in total. The molecule has 7 heteroatoms. The summed E-state index contributed by atoms with van der Waals surface area (Å²) in [5.41, 5.74) is 0.336. The Balaban J connectivity index is 2.27. The van der Waals surface area contributed by atoms with Gasteiger partial charge in [-0.25, -0.2) is 0 Å². The fourth-order valence-electron chi connectivity index (χ4n) is 1.91. The van der Waals surface area contributed by atoms with Crippen molar-refractivity contribution in [3.63, 3.8) is 0 Å². The van der Waals surface area contributed by atoms with Crippen molar-refractivity contribution in [3.05, 3.63) is 11.9 Å². The van der Waals surface area contributed by atoms with E-state index < -0.39 is 5.97 Å². The molecule has 0 spiro atoms. The fourth-order valence-corrected chi connectivity index (χ4v) is 2.33. The van der Waals surface area contributed by atoms with E-state index in [-0.39, 0.29) is 12.3 Å². The highest BCUT2D eigenvalue weighted by Crippen LogP contribution is 2.17. The smallest absolute Gasteiger partial charge is 0.303 e. The minimum atomic E-state index is -0.765. The molecule has 1 heterocycles. The highest BCUT2D eigenvalue weighted by atomic mass is 32.1. The molecule has 1 aromatic heterocycles. The molecule has 0 saturated heterocycles. The Hall–Kier alpha value is -1.50. The zero-order chi connectivity index (χ0) is 14.1. The molecule has 0 aliphatic carbocycles. The highest BCUT2D eigenvalue weighted by Gasteiger charge is 2.12. The molecule has 1 rings (SSSR count). The Labute approximate surface area is 116 Å². The summed E-state index contributed by atoms with van der Waals surface area (Å²) >= 11 is 1.00. The Morgan fingerprint density at radius 3 is 2.79 bits per heavy atom. The lowest BCUT2D eigenvalue weighted by Crippen LogP contribution is -2.26. The van der Waals surface area contributed by atoms with E-state index in [0.717, 1.165) is 31.0 Å². The van der Waals surface area contributed by atoms with Crippen LogP contribution in [0.2, 0.25) is 0 Å². The van der Waals surface area contributed by atoms with Crippen molar-refractivity contribution in [2.75, 3.05) is 6.54 Å². The van der Waals surface area contributed by atoms with Gasteiger partial charge < -0.3 is 10.4 Å². The van der Waals surface area contributed by atoms with E-state index in [1.165, 1.54) is 6.20 Å². The minimum absolute atomic E-state index is 0.189. The maximum Gasteiger partial charge on any atom is 0.303 e. The molecule has 0 saturated carbocycles. The summed E-state index contributed by atoms with van der Waals surface area (Å²) in [7, 11) is 0. The first-order valence-electron chi connectivity index (χ1n) is 6.41. The number of carbonyl (C=O) groups is 2. The zero-order valence-corrected chi connectivity index (χ0v) is 11.8. The third kappa shape index (κ3) is 6.28. The van der Waals surface area contributed by atoms with Gasteiger partial charge in [0, 0.05) is 13.0 Å². The molecule has 2 N–H and O–H groups in total. The van der Waals surface area contributed by atoms with Crippen molar-refractivity contribution >= 4 is 23.6 Å². The second-order valence-electron chi connectivity index (χ2n) is 4.42. The number of nitrogens with zero attached hydrogens (tertiary/aromatic N) is 2. The molecular weight excluding hydrogens is 266 g/mol. The van der Waals surface area contributed by atoms with Crippen LogP contribution in [0.3, 0.4) is 0 Å². The number of carbonyl (C=O) groups excluding carboxylic acids is 1. The van der Waals surface area contributed by atoms with E-state index in [4.69, 9.17) is 5.11 Å². The van der Waals surface area contributed by atoms with Crippen molar-refractivity contribution in [2.24, 2.45) is 5.92 Å². The van der Waals surface area contributed by atoms with Crippen molar-refractivity contribution < 1.29 is 14.7 Å². The Morgan fingerprint density at radius 1 is 1.42 bits per heavy atom. The fraction of sp³-hybridized carbons (Fsp3) is 0.667. The zero-order valence-electron chi connectivity index (χ0n) is 11.0. The first-order valence-corrected chi connectivity index (χ1v) is 7.14. The van der Waals surface area contributed by atoms with Crippen LogP contribution >= 0.6 is 11.7 Å². The first kappa shape index (κ1) is 15.6. The Morgan fingerprint density at radius 2 is 2.21 bits per heavy atom. The molecule has 0 aliphatic heterocycles. The minimum Gasteiger partial charge on any atom is -0.481 e. The maximum atomic E-state index is 11.6. The van der Waals surface area contributed by atoms with E-state index in [2.05, 4.69) is 21.0 Å². The second kappa shape index (κ2) is 8.58. The predicted octanol–water partition coefficient (Wildman–Crippen LogP) is 1.94. The quantitative estimate of drug-likeness (QED) is 0.723. The third-order valence-corrected chi connectivity index (χ3v) is 3.37. The number of hydrogen-bond donors (Lipinski definition) is 2. The van der Waals surface area contributed by atoms with Gasteiger partial charge in [-0.2, -0.15) is 8.75 Å². The number of carboxylic acids is 1. The Bertz CT molecular complexity index is 395. The largest absolute Gasteiger partial charge is 0.481 e. The first-order chi connectivity index (χ1) is 9.13. The van der Waals surface area contributed by atoms with Crippen LogP contribution in [0.1, 0.15) is 49.5 Å². The van der Waals surface area contributed by atoms with Gasteiger partial charge in [0.05, 0.1) is 17.9 Å². The summed E-state index contributed by atoms with van der Waals surface area (Å²) in [5.74, 6) is -0.643. The Kier molecular flexibility index (Phi) is 7.02. The number of amides is 1. The van der Waals surface area contributed by atoms with Gasteiger partial charge in [0.2, 0.25) is 0 Å². The molecule has 1 atom stereocenters. The monoisotopic (exact) mass is 285 g/mol. The second-order valence-corrected chi connectivity index (χ2v) is 4.98. The summed E-state index contributed by atoms with van der Waals surface area (Å²) in [6, 6.07) is 0. The van der Waals surface area contributed by atoms with E-state index in [1.54, 1.807) is 0 Å². The van der Waals surface area contributed by atoms with Gasteiger partial charge in [-0.15, -0.1) is 0 Å². The van der Waals surface area contributed by atoms with Gasteiger partial charge in [-0.05, 0) is 18.8 Å². The van der Waals surface area contributed by atoms with E-state index in [1.807, 2.05) is 0 Å². The van der Waals surface area contributed by atoms with Crippen LogP contribution in [0, 0.1) is 5.92 Å². The normalized spacial score (nSPS) is 12.1. The average molecular weight is 285 g/mol. The summed E-state index contributed by atoms with van der Waals surface area (Å²) in [6.07, 6.45) is 5.10. The van der Waals surface area contributed by atoms with E-state index in [9.17, 15) is 9.59 Å². The lowest BCUT2D eigenvalue weighted by molar-refractivity contribution is -0.137. The molecule has 0 bridgehead atoms. The van der Waals surface area contributed by atoms with Gasteiger partial charge in [0.1, 0.15) is 0 Å². The number of aromatic nitrogens is 2. The van der Waals surface area contributed by atoms with Crippen molar-refractivity contribution in [1.82, 2.24) is 14.1 Å². The SMILES string of the molecule is CCCC(CCNC(=O)c1cnsn1)CCC(=O)O. The number of hydrogen-bond acceptors (Lipinski definition) is 5. The molecule has 1 unspecified atom stereocenters. The topological polar surface area (TPSA) is 92.2 Å². The average Bonchev–Trinajstić information content (AvgIpc) is 2.89. The van der Waals surface area contributed by atoms with Crippen molar-refractivity contribution in [3.8, 4) is 0 Å². The summed E-state index contributed by atoms with van der Waals surface area (Å²) < 4.78 is 7.62. The molecule has 1 amide bonds. The molecule has 0 fully saturated rings. The lowest BCUT2D eigenvalue weighted by atomic mass is 9.94. The molecule has 0 aromatic carbocycles. The van der Waals surface area contributed by atoms with Gasteiger partial charge >= 0.3 is 5.97 Å². The molecule has 106 valence electrons. The van der Waals surface area contributed by atoms with E-state index in [0.29, 0.717) is 24.6 Å². The maximum absolute atomic E-state index is 11.6. The molecule has 0 aliphatic rings. The number of carboxylic acid groups (broad SMARTS) is 1. The number of aliphatic carboxylic acids is 1. The lowest BCUT2D eigenvalue weighted by Gasteiger charge is -2.15. The summed E-state index contributed by atoms with van der Waals surface area (Å²) in [4.78, 5) is 22.2. The highest BCUT2D eigenvalue weighted by molar-refractivity contribution is 6.99. The standard InChI is InChI=1S/C12H19N3O3S/c1-2-3-9(4-5-11(16)17)6-7-13-12(18)10-8-14-19-15-10/h8-9H,2-7H2,1H3,(H,13,18)(H,16,17).